The van der Waals surface area contributed by atoms with Crippen molar-refractivity contribution in [2.45, 2.75) is 37.6 Å². The third-order valence-electron chi connectivity index (χ3n) is 6.12. The van der Waals surface area contributed by atoms with Crippen LogP contribution >= 0.6 is 0 Å². The topological polar surface area (TPSA) is 78.1 Å². The smallest absolute Gasteiger partial charge is 0.257 e. The molecule has 0 radical (unpaired) electrons. The van der Waals surface area contributed by atoms with Gasteiger partial charge in [-0.3, -0.25) is 14.5 Å². The Hall–Kier alpha value is -3.39. The lowest BCUT2D eigenvalue weighted by Crippen LogP contribution is -2.52. The van der Waals surface area contributed by atoms with E-state index in [4.69, 9.17) is 0 Å². The van der Waals surface area contributed by atoms with Crippen molar-refractivity contribution in [3.63, 3.8) is 0 Å². The van der Waals surface area contributed by atoms with Gasteiger partial charge >= 0.3 is 0 Å². The fourth-order valence-electron chi connectivity index (χ4n) is 4.10. The molecule has 0 bridgehead atoms. The lowest BCUT2D eigenvalue weighted by molar-refractivity contribution is -0.125. The second-order valence-corrected chi connectivity index (χ2v) is 8.42. The van der Waals surface area contributed by atoms with E-state index in [9.17, 15) is 18.4 Å². The van der Waals surface area contributed by atoms with Gasteiger partial charge in [-0.2, -0.15) is 0 Å². The molecule has 4 rings (SSSR count). The number of likely N-dealkylation sites (tertiary alicyclic amines) is 1. The Kier molecular flexibility index (Phi) is 6.65. The minimum Gasteiger partial charge on any atom is -0.329 e. The molecule has 1 aliphatic heterocycles. The molecule has 1 aliphatic rings. The number of alkyl halides is 2. The molecule has 8 heteroatoms. The maximum Gasteiger partial charge on any atom is 0.257 e. The number of nitrogens with one attached hydrogen (secondary N) is 2. The Morgan fingerprint density at radius 2 is 1.97 bits per heavy atom. The Balaban J connectivity index is 1.39. The van der Waals surface area contributed by atoms with Crippen LogP contribution in [0.4, 0.5) is 14.6 Å². The van der Waals surface area contributed by atoms with Gasteiger partial charge in [-0.15, -0.1) is 0 Å². The number of amides is 1. The Morgan fingerprint density at radius 1 is 1.18 bits per heavy atom. The van der Waals surface area contributed by atoms with Crippen LogP contribution in [0.2, 0.25) is 0 Å². The van der Waals surface area contributed by atoms with Crippen LogP contribution < -0.4 is 10.9 Å². The van der Waals surface area contributed by atoms with E-state index in [0.29, 0.717) is 11.4 Å². The molecule has 172 valence electrons. The van der Waals surface area contributed by atoms with Crippen LogP contribution in [-0.2, 0) is 11.2 Å². The Labute approximate surface area is 190 Å². The van der Waals surface area contributed by atoms with Gasteiger partial charge in [-0.05, 0) is 36.1 Å². The molecule has 1 aromatic carbocycles. The first-order valence-corrected chi connectivity index (χ1v) is 10.9. The summed E-state index contributed by atoms with van der Waals surface area (Å²) in [5.41, 5.74) is 2.20. The van der Waals surface area contributed by atoms with E-state index in [1.54, 1.807) is 24.1 Å². The van der Waals surface area contributed by atoms with E-state index in [-0.39, 0.29) is 31.0 Å². The summed E-state index contributed by atoms with van der Waals surface area (Å²) in [6.45, 7) is 1.81. The number of rotatable bonds is 6. The predicted octanol–water partition coefficient (Wildman–Crippen LogP) is 3.81. The molecule has 2 atom stereocenters. The number of carbonyl (C=O) groups excluding carboxylic acids is 1. The van der Waals surface area contributed by atoms with Crippen molar-refractivity contribution in [1.29, 1.82) is 0 Å². The molecule has 33 heavy (non-hydrogen) atoms. The van der Waals surface area contributed by atoms with Crippen molar-refractivity contribution in [3.8, 4) is 0 Å². The molecule has 1 amide bonds. The summed E-state index contributed by atoms with van der Waals surface area (Å²) in [4.78, 5) is 32.6. The second kappa shape index (κ2) is 9.62. The van der Waals surface area contributed by atoms with Gasteiger partial charge in [0.15, 0.2) is 0 Å². The number of carbonyl (C=O) groups is 1. The summed E-state index contributed by atoms with van der Waals surface area (Å²) in [6, 6.07) is 15.7. The van der Waals surface area contributed by atoms with Gasteiger partial charge in [0.25, 0.3) is 5.92 Å². The van der Waals surface area contributed by atoms with E-state index in [2.05, 4.69) is 15.3 Å². The second-order valence-electron chi connectivity index (χ2n) is 8.42. The highest BCUT2D eigenvalue weighted by atomic mass is 19.3. The molecule has 2 unspecified atom stereocenters. The molecule has 1 fully saturated rings. The fraction of sp³-hybridized carbons (Fsp3) is 0.320. The normalized spacial score (nSPS) is 19.1. The Bertz CT molecular complexity index is 1130. The predicted molar refractivity (Wildman–Crippen MR) is 123 cm³/mol. The number of pyridine rings is 2. The number of piperidine rings is 1. The zero-order valence-electron chi connectivity index (χ0n) is 18.3. The first-order valence-electron chi connectivity index (χ1n) is 10.9. The number of hydrogen-bond donors (Lipinski definition) is 2. The van der Waals surface area contributed by atoms with E-state index in [1.807, 2.05) is 36.4 Å². The fourth-order valence-corrected chi connectivity index (χ4v) is 4.10. The lowest BCUT2D eigenvalue weighted by Gasteiger charge is -2.40. The van der Waals surface area contributed by atoms with Gasteiger partial charge in [0.1, 0.15) is 5.82 Å². The summed E-state index contributed by atoms with van der Waals surface area (Å²) in [5, 5.41) is 2.79. The van der Waals surface area contributed by atoms with Crippen LogP contribution in [0, 0.1) is 0 Å². The Morgan fingerprint density at radius 3 is 2.64 bits per heavy atom. The van der Waals surface area contributed by atoms with Gasteiger partial charge in [-0.25, -0.2) is 13.8 Å². The highest BCUT2D eigenvalue weighted by Crippen LogP contribution is 2.40. The van der Waals surface area contributed by atoms with E-state index in [1.165, 1.54) is 23.9 Å². The standard InChI is InChI=1S/C25H26F2N4O2/c1-17(31-12-11-25(26,27)21(16-31)20-8-10-23(32)29-15-20)24(33)30-22-9-7-19(14-28-22)13-18-5-3-2-4-6-18/h2-10,14-15,17,21H,11-13,16H2,1H3,(H,29,32)(H,28,30,33). The van der Waals surface area contributed by atoms with Crippen molar-refractivity contribution in [1.82, 2.24) is 14.9 Å². The van der Waals surface area contributed by atoms with Gasteiger partial charge in [-0.1, -0.05) is 42.5 Å². The summed E-state index contributed by atoms with van der Waals surface area (Å²) in [7, 11) is 0. The highest BCUT2D eigenvalue weighted by Gasteiger charge is 2.46. The molecule has 6 nitrogen and oxygen atoms in total. The quantitative estimate of drug-likeness (QED) is 0.596. The number of anilines is 1. The third kappa shape index (κ3) is 5.51. The number of aromatic nitrogens is 2. The number of benzene rings is 1. The number of hydrogen-bond acceptors (Lipinski definition) is 4. The van der Waals surface area contributed by atoms with Crippen LogP contribution in [0.25, 0.3) is 0 Å². The number of nitrogens with zero attached hydrogens (tertiary/aromatic N) is 2. The van der Waals surface area contributed by atoms with Crippen molar-refractivity contribution in [2.24, 2.45) is 0 Å². The number of H-pyrrole nitrogens is 1. The van der Waals surface area contributed by atoms with Crippen LogP contribution in [0.3, 0.4) is 0 Å². The average Bonchev–Trinajstić information content (AvgIpc) is 2.81. The molecular weight excluding hydrogens is 426 g/mol. The molecular formula is C25H26F2N4O2. The number of halogens is 2. The number of aromatic amines is 1. The molecule has 3 heterocycles. The maximum absolute atomic E-state index is 14.6. The molecule has 0 aliphatic carbocycles. The zero-order chi connectivity index (χ0) is 23.4. The summed E-state index contributed by atoms with van der Waals surface area (Å²) in [5.74, 6) is -3.90. The molecule has 2 aromatic heterocycles. The van der Waals surface area contributed by atoms with E-state index in [0.717, 1.165) is 12.0 Å². The van der Waals surface area contributed by atoms with Gasteiger partial charge in [0, 0.05) is 38.0 Å². The van der Waals surface area contributed by atoms with Crippen LogP contribution in [0.5, 0.6) is 0 Å². The minimum absolute atomic E-state index is 0.0110. The molecule has 3 aromatic rings. The van der Waals surface area contributed by atoms with E-state index >= 15 is 0 Å². The third-order valence-corrected chi connectivity index (χ3v) is 6.12. The summed E-state index contributed by atoms with van der Waals surface area (Å²) >= 11 is 0. The molecule has 0 saturated carbocycles. The minimum atomic E-state index is -2.92. The maximum atomic E-state index is 14.6. The van der Waals surface area contributed by atoms with Gasteiger partial charge < -0.3 is 10.3 Å². The first-order chi connectivity index (χ1) is 15.8. The first kappa shape index (κ1) is 22.8. The molecule has 0 spiro atoms. The molecule has 1 saturated heterocycles. The monoisotopic (exact) mass is 452 g/mol. The SMILES string of the molecule is CC(C(=O)Nc1ccc(Cc2ccccc2)cn1)N1CCC(F)(F)C(c2ccc(=O)[nH]c2)C1. The van der Waals surface area contributed by atoms with Crippen molar-refractivity contribution in [2.75, 3.05) is 18.4 Å². The highest BCUT2D eigenvalue weighted by molar-refractivity contribution is 5.93. The van der Waals surface area contributed by atoms with E-state index < -0.39 is 17.9 Å². The van der Waals surface area contributed by atoms with Crippen LogP contribution in [0.1, 0.15) is 36.0 Å². The summed E-state index contributed by atoms with van der Waals surface area (Å²) < 4.78 is 29.2. The van der Waals surface area contributed by atoms with Crippen molar-refractivity contribution < 1.29 is 13.6 Å². The van der Waals surface area contributed by atoms with Gasteiger partial charge in [0.05, 0.1) is 12.0 Å². The summed E-state index contributed by atoms with van der Waals surface area (Å²) in [6.07, 6.45) is 3.43. The lowest BCUT2D eigenvalue weighted by atomic mass is 9.87. The van der Waals surface area contributed by atoms with Crippen LogP contribution in [-0.4, -0.2) is 45.8 Å². The van der Waals surface area contributed by atoms with Gasteiger partial charge in [0.2, 0.25) is 11.5 Å². The van der Waals surface area contributed by atoms with Crippen LogP contribution in [0.15, 0.2) is 71.8 Å². The largest absolute Gasteiger partial charge is 0.329 e. The molecule has 2 N–H and O–H groups in total. The average molecular weight is 453 g/mol. The van der Waals surface area contributed by atoms with Crippen molar-refractivity contribution in [3.05, 3.63) is 94.0 Å². The van der Waals surface area contributed by atoms with Crippen molar-refractivity contribution >= 4 is 11.7 Å². The zero-order valence-corrected chi connectivity index (χ0v) is 18.3.